The number of aliphatic hydroxyl groups is 3. The Morgan fingerprint density at radius 1 is 1.32 bits per heavy atom. The molecule has 4 atom stereocenters. The molecule has 4 rings (SSSR count). The highest BCUT2D eigenvalue weighted by Crippen LogP contribution is 2.42. The van der Waals surface area contributed by atoms with Gasteiger partial charge in [-0.2, -0.15) is 0 Å². The molecular weight excluding hydrogens is 334 g/mol. The number of carbonyl (C=O) groups excluding carboxylic acids is 2. The van der Waals surface area contributed by atoms with E-state index in [1.807, 2.05) is 0 Å². The molecule has 11 nitrogen and oxygen atoms in total. The van der Waals surface area contributed by atoms with E-state index in [1.165, 1.54) is 24.0 Å². The Balaban J connectivity index is 1.90. The molecule has 0 aliphatic carbocycles. The smallest absolute Gasteiger partial charge is 0.315 e. The minimum absolute atomic E-state index is 0.138. The molecule has 0 unspecified atom stereocenters. The highest BCUT2D eigenvalue weighted by molar-refractivity contribution is 6.45. The summed E-state index contributed by atoms with van der Waals surface area (Å²) in [5.41, 5.74) is -1.19. The van der Waals surface area contributed by atoms with E-state index >= 15 is 0 Å². The fourth-order valence-electron chi connectivity index (χ4n) is 3.19. The van der Waals surface area contributed by atoms with Crippen molar-refractivity contribution in [3.05, 3.63) is 12.5 Å². The van der Waals surface area contributed by atoms with Gasteiger partial charge in [0.2, 0.25) is 0 Å². The van der Waals surface area contributed by atoms with Crippen LogP contribution in [0.1, 0.15) is 13.2 Å². The normalized spacial score (nSPS) is 31.8. The van der Waals surface area contributed by atoms with Crippen LogP contribution in [0.25, 0.3) is 11.0 Å². The van der Waals surface area contributed by atoms with Crippen molar-refractivity contribution in [3.63, 3.8) is 0 Å². The van der Waals surface area contributed by atoms with Crippen molar-refractivity contribution in [2.24, 2.45) is 0 Å². The number of rotatable bonds is 2. The third kappa shape index (κ3) is 2.14. The van der Waals surface area contributed by atoms with Crippen LogP contribution in [0.15, 0.2) is 12.5 Å². The Bertz CT molecular complexity index is 893. The number of carbonyl (C=O) groups is 2. The summed E-state index contributed by atoms with van der Waals surface area (Å²) in [4.78, 5) is 31.6. The second-order valence-corrected chi connectivity index (χ2v) is 6.16. The van der Waals surface area contributed by atoms with Crippen LogP contribution in [-0.4, -0.2) is 66.1 Å². The predicted molar refractivity (Wildman–Crippen MR) is 82.4 cm³/mol. The fourth-order valence-corrected chi connectivity index (χ4v) is 3.19. The van der Waals surface area contributed by atoms with Crippen LogP contribution in [0, 0.1) is 0 Å². The summed E-state index contributed by atoms with van der Waals surface area (Å²) in [5, 5.41) is 35.3. The molecule has 2 aromatic heterocycles. The molecule has 0 spiro atoms. The predicted octanol–water partition coefficient (Wildman–Crippen LogP) is -1.68. The lowest BCUT2D eigenvalue weighted by atomic mass is 9.96. The standard InChI is InChI=1S/C14H15N5O6/c1-14(24)8(21)6(3-20)25-13(14)19-2-5-7-9(15-4-16-10(7)19)18-12(23)11(22)17-5/h2,4,6,8,13,20-21,24H,3H2,1H3,(H,17,22)(H,15,16,18,23)/t6-,8-,13-,14-/m1/s1. The molecular formula is C14H15N5O6. The Morgan fingerprint density at radius 2 is 2.04 bits per heavy atom. The lowest BCUT2D eigenvalue weighted by Crippen LogP contribution is -2.44. The number of aliphatic hydroxyl groups excluding tert-OH is 2. The van der Waals surface area contributed by atoms with Crippen molar-refractivity contribution >= 4 is 34.4 Å². The summed E-state index contributed by atoms with van der Waals surface area (Å²) in [6, 6.07) is 0. The van der Waals surface area contributed by atoms with Crippen molar-refractivity contribution in [3.8, 4) is 0 Å². The van der Waals surface area contributed by atoms with E-state index in [0.29, 0.717) is 5.39 Å². The Morgan fingerprint density at radius 3 is 2.72 bits per heavy atom. The van der Waals surface area contributed by atoms with Gasteiger partial charge in [0.15, 0.2) is 6.23 Å². The lowest BCUT2D eigenvalue weighted by Gasteiger charge is -2.27. The quantitative estimate of drug-likeness (QED) is 0.402. The van der Waals surface area contributed by atoms with E-state index in [2.05, 4.69) is 20.6 Å². The molecule has 4 heterocycles. The fraction of sp³-hybridized carbons (Fsp3) is 0.429. The Hall–Kier alpha value is -2.60. The van der Waals surface area contributed by atoms with Crippen LogP contribution in [-0.2, 0) is 14.3 Å². The number of hydrogen-bond donors (Lipinski definition) is 5. The summed E-state index contributed by atoms with van der Waals surface area (Å²) in [6.07, 6.45) is -0.758. The van der Waals surface area contributed by atoms with Crippen LogP contribution < -0.4 is 10.6 Å². The second-order valence-electron chi connectivity index (χ2n) is 6.16. The summed E-state index contributed by atoms with van der Waals surface area (Å²) in [7, 11) is 0. The monoisotopic (exact) mass is 349 g/mol. The summed E-state index contributed by atoms with van der Waals surface area (Å²) < 4.78 is 7.01. The maximum Gasteiger partial charge on any atom is 0.315 e. The maximum atomic E-state index is 11.8. The Labute approximate surface area is 140 Å². The summed E-state index contributed by atoms with van der Waals surface area (Å²) in [6.45, 7) is 0.894. The van der Waals surface area contributed by atoms with Gasteiger partial charge in [0.05, 0.1) is 17.7 Å². The second kappa shape index (κ2) is 5.20. The van der Waals surface area contributed by atoms with Crippen LogP contribution in [0.3, 0.4) is 0 Å². The van der Waals surface area contributed by atoms with Gasteiger partial charge in [0.1, 0.15) is 35.6 Å². The van der Waals surface area contributed by atoms with Crippen molar-refractivity contribution < 1.29 is 29.6 Å². The molecule has 2 amide bonds. The van der Waals surface area contributed by atoms with E-state index in [4.69, 9.17) is 4.74 Å². The molecule has 2 aromatic rings. The van der Waals surface area contributed by atoms with Gasteiger partial charge >= 0.3 is 11.8 Å². The van der Waals surface area contributed by atoms with Crippen molar-refractivity contribution in [1.29, 1.82) is 0 Å². The first-order chi connectivity index (χ1) is 11.8. The minimum Gasteiger partial charge on any atom is -0.394 e. The number of hydrogen-bond acceptors (Lipinski definition) is 8. The molecule has 5 N–H and O–H groups in total. The number of nitrogens with zero attached hydrogens (tertiary/aromatic N) is 3. The zero-order valence-corrected chi connectivity index (χ0v) is 13.0. The van der Waals surface area contributed by atoms with Crippen LogP contribution >= 0.6 is 0 Å². The Kier molecular flexibility index (Phi) is 3.30. The van der Waals surface area contributed by atoms with Gasteiger partial charge in [-0.15, -0.1) is 0 Å². The zero-order chi connectivity index (χ0) is 17.9. The molecule has 1 fully saturated rings. The van der Waals surface area contributed by atoms with E-state index in [-0.39, 0.29) is 17.2 Å². The molecule has 0 bridgehead atoms. The van der Waals surface area contributed by atoms with E-state index in [0.717, 1.165) is 0 Å². The molecule has 11 heteroatoms. The molecule has 132 valence electrons. The van der Waals surface area contributed by atoms with Gasteiger partial charge in [-0.25, -0.2) is 9.97 Å². The first-order valence-corrected chi connectivity index (χ1v) is 7.49. The molecule has 2 aliphatic heterocycles. The molecule has 2 aliphatic rings. The van der Waals surface area contributed by atoms with E-state index in [9.17, 15) is 24.9 Å². The van der Waals surface area contributed by atoms with Gasteiger partial charge in [-0.05, 0) is 6.92 Å². The molecule has 0 aromatic carbocycles. The SMILES string of the molecule is C[C@@]1(O)[C@H](O)[C@@H](CO)O[C@H]1n1cc2c3c(ncnc31)NC(=O)C(=O)N2. The van der Waals surface area contributed by atoms with Crippen molar-refractivity contribution in [2.75, 3.05) is 17.2 Å². The average molecular weight is 349 g/mol. The van der Waals surface area contributed by atoms with E-state index in [1.54, 1.807) is 0 Å². The number of amides is 2. The van der Waals surface area contributed by atoms with Gasteiger partial charge < -0.3 is 35.3 Å². The van der Waals surface area contributed by atoms with Crippen molar-refractivity contribution in [2.45, 2.75) is 31.0 Å². The molecule has 0 saturated carbocycles. The highest BCUT2D eigenvalue weighted by Gasteiger charge is 2.53. The van der Waals surface area contributed by atoms with Gasteiger partial charge in [0, 0.05) is 6.20 Å². The van der Waals surface area contributed by atoms with Gasteiger partial charge in [-0.1, -0.05) is 0 Å². The maximum absolute atomic E-state index is 11.8. The number of nitrogens with one attached hydrogen (secondary N) is 2. The lowest BCUT2D eigenvalue weighted by molar-refractivity contribution is -0.132. The van der Waals surface area contributed by atoms with E-state index < -0.39 is 42.5 Å². The largest absolute Gasteiger partial charge is 0.394 e. The number of anilines is 2. The van der Waals surface area contributed by atoms with Crippen LogP contribution in [0.5, 0.6) is 0 Å². The topological polar surface area (TPSA) is 159 Å². The number of aromatic nitrogens is 3. The third-order valence-corrected chi connectivity index (χ3v) is 4.48. The van der Waals surface area contributed by atoms with Crippen LogP contribution in [0.4, 0.5) is 11.5 Å². The molecule has 0 radical (unpaired) electrons. The summed E-state index contributed by atoms with van der Waals surface area (Å²) >= 11 is 0. The minimum atomic E-state index is -1.72. The first kappa shape index (κ1) is 15.9. The van der Waals surface area contributed by atoms with Gasteiger partial charge in [0.25, 0.3) is 0 Å². The number of ether oxygens (including phenoxy) is 1. The van der Waals surface area contributed by atoms with Crippen LogP contribution in [0.2, 0.25) is 0 Å². The summed E-state index contributed by atoms with van der Waals surface area (Å²) in [5.74, 6) is -1.59. The zero-order valence-electron chi connectivity index (χ0n) is 13.0. The third-order valence-electron chi connectivity index (χ3n) is 4.48. The molecule has 25 heavy (non-hydrogen) atoms. The highest BCUT2D eigenvalue weighted by atomic mass is 16.6. The van der Waals surface area contributed by atoms with Gasteiger partial charge in [-0.3, -0.25) is 9.59 Å². The van der Waals surface area contributed by atoms with Crippen molar-refractivity contribution in [1.82, 2.24) is 14.5 Å². The average Bonchev–Trinajstić information content (AvgIpc) is 2.99. The first-order valence-electron chi connectivity index (χ1n) is 7.49. The molecule has 1 saturated heterocycles.